The van der Waals surface area contributed by atoms with Crippen molar-refractivity contribution < 1.29 is 4.79 Å². The van der Waals surface area contributed by atoms with Crippen LogP contribution in [0.5, 0.6) is 0 Å². The molecule has 2 aliphatic heterocycles. The average Bonchev–Trinajstić information content (AvgIpc) is 2.63. The molecule has 2 fully saturated rings. The van der Waals surface area contributed by atoms with E-state index in [0.717, 1.165) is 19.8 Å². The van der Waals surface area contributed by atoms with Crippen molar-refractivity contribution in [2.75, 3.05) is 50.9 Å². The molecule has 2 heterocycles. The second kappa shape index (κ2) is 5.00. The molecule has 0 aliphatic carbocycles. The fourth-order valence-corrected chi connectivity index (χ4v) is 2.77. The molecular weight excluding hydrogens is 198 g/mol. The van der Waals surface area contributed by atoms with E-state index < -0.39 is 0 Å². The van der Waals surface area contributed by atoms with Gasteiger partial charge in [0.25, 0.3) is 0 Å². The van der Waals surface area contributed by atoms with Gasteiger partial charge < -0.3 is 4.90 Å². The highest BCUT2D eigenvalue weighted by atomic mass is 32.2. The van der Waals surface area contributed by atoms with Crippen molar-refractivity contribution >= 4 is 17.7 Å². The molecule has 2 saturated heterocycles. The molecule has 0 unspecified atom stereocenters. The lowest BCUT2D eigenvalue weighted by atomic mass is 10.4. The summed E-state index contributed by atoms with van der Waals surface area (Å²) in [5, 5.41) is 3.06. The minimum atomic E-state index is 0.247. The Kier molecular flexibility index (Phi) is 3.67. The van der Waals surface area contributed by atoms with Crippen molar-refractivity contribution in [3.05, 3.63) is 0 Å². The Bertz CT molecular complexity index is 206. The fraction of sp³-hybridized carbons (Fsp3) is 0.889. The van der Waals surface area contributed by atoms with Crippen molar-refractivity contribution in [2.24, 2.45) is 0 Å². The number of amides is 1. The van der Waals surface area contributed by atoms with Gasteiger partial charge in [0, 0.05) is 37.7 Å². The summed E-state index contributed by atoms with van der Waals surface area (Å²) in [4.78, 5) is 15.6. The third-order valence-electron chi connectivity index (χ3n) is 2.72. The monoisotopic (exact) mass is 215 g/mol. The van der Waals surface area contributed by atoms with Gasteiger partial charge >= 0.3 is 0 Å². The number of hydrogen-bond acceptors (Lipinski definition) is 4. The van der Waals surface area contributed by atoms with Crippen LogP contribution in [-0.2, 0) is 4.79 Å². The summed E-state index contributed by atoms with van der Waals surface area (Å²) in [5.41, 5.74) is 0. The molecule has 2 aliphatic rings. The van der Waals surface area contributed by atoms with Gasteiger partial charge in [0.15, 0.2) is 0 Å². The lowest BCUT2D eigenvalue weighted by Gasteiger charge is -2.27. The molecule has 0 radical (unpaired) electrons. The number of thioether (sulfide) groups is 1. The SMILES string of the molecule is O=C1CNCN1CCN1CCSCC1. The summed E-state index contributed by atoms with van der Waals surface area (Å²) >= 11 is 2.02. The normalized spacial score (nSPS) is 24.6. The molecule has 0 atom stereocenters. The summed E-state index contributed by atoms with van der Waals surface area (Å²) in [6.45, 7) is 5.54. The number of hydrogen-bond donors (Lipinski definition) is 1. The minimum absolute atomic E-state index is 0.247. The van der Waals surface area contributed by atoms with Crippen molar-refractivity contribution in [1.82, 2.24) is 15.1 Å². The molecule has 0 aromatic heterocycles. The summed E-state index contributed by atoms with van der Waals surface area (Å²) < 4.78 is 0. The van der Waals surface area contributed by atoms with E-state index in [1.807, 2.05) is 16.7 Å². The van der Waals surface area contributed by atoms with Gasteiger partial charge in [0.2, 0.25) is 5.91 Å². The zero-order valence-electron chi connectivity index (χ0n) is 8.37. The molecule has 5 heteroatoms. The van der Waals surface area contributed by atoms with Crippen LogP contribution in [0, 0.1) is 0 Å². The number of nitrogens with one attached hydrogen (secondary N) is 1. The van der Waals surface area contributed by atoms with Crippen LogP contribution in [0.1, 0.15) is 0 Å². The topological polar surface area (TPSA) is 35.6 Å². The van der Waals surface area contributed by atoms with Crippen LogP contribution >= 0.6 is 11.8 Å². The molecule has 0 aromatic carbocycles. The van der Waals surface area contributed by atoms with E-state index >= 15 is 0 Å². The highest BCUT2D eigenvalue weighted by molar-refractivity contribution is 7.99. The highest BCUT2D eigenvalue weighted by Gasteiger charge is 2.20. The second-order valence-electron chi connectivity index (χ2n) is 3.70. The average molecular weight is 215 g/mol. The molecule has 1 amide bonds. The molecule has 2 rings (SSSR count). The van der Waals surface area contributed by atoms with Gasteiger partial charge in [0.05, 0.1) is 13.2 Å². The highest BCUT2D eigenvalue weighted by Crippen LogP contribution is 2.08. The lowest BCUT2D eigenvalue weighted by molar-refractivity contribution is -0.126. The van der Waals surface area contributed by atoms with Crippen LogP contribution in [0.4, 0.5) is 0 Å². The predicted octanol–water partition coefficient (Wildman–Crippen LogP) is -0.575. The van der Waals surface area contributed by atoms with Crippen LogP contribution in [0.25, 0.3) is 0 Å². The molecule has 0 saturated carbocycles. The quantitative estimate of drug-likeness (QED) is 0.683. The number of carbonyl (C=O) groups is 1. The smallest absolute Gasteiger partial charge is 0.237 e. The molecule has 0 spiro atoms. The van der Waals surface area contributed by atoms with Gasteiger partial charge in [-0.25, -0.2) is 0 Å². The van der Waals surface area contributed by atoms with E-state index in [4.69, 9.17) is 0 Å². The van der Waals surface area contributed by atoms with Crippen LogP contribution in [0.3, 0.4) is 0 Å². The zero-order chi connectivity index (χ0) is 9.80. The summed E-state index contributed by atoms with van der Waals surface area (Å²) in [6.07, 6.45) is 0. The van der Waals surface area contributed by atoms with Crippen LogP contribution in [0.2, 0.25) is 0 Å². The first-order valence-corrected chi connectivity index (χ1v) is 6.30. The van der Waals surface area contributed by atoms with E-state index in [9.17, 15) is 4.79 Å². The Hall–Kier alpha value is -0.260. The van der Waals surface area contributed by atoms with E-state index in [1.54, 1.807) is 0 Å². The van der Waals surface area contributed by atoms with Gasteiger partial charge in [-0.3, -0.25) is 15.0 Å². The van der Waals surface area contributed by atoms with Gasteiger partial charge in [-0.1, -0.05) is 0 Å². The standard InChI is InChI=1S/C9H17N3OS/c13-9-7-10-8-12(9)2-1-11-3-5-14-6-4-11/h10H,1-8H2. The van der Waals surface area contributed by atoms with Gasteiger partial charge in [-0.05, 0) is 0 Å². The lowest BCUT2D eigenvalue weighted by Crippen LogP contribution is -2.40. The Morgan fingerprint density at radius 1 is 1.29 bits per heavy atom. The Morgan fingerprint density at radius 3 is 2.71 bits per heavy atom. The second-order valence-corrected chi connectivity index (χ2v) is 4.92. The minimum Gasteiger partial charge on any atom is -0.328 e. The maximum Gasteiger partial charge on any atom is 0.237 e. The summed E-state index contributed by atoms with van der Waals surface area (Å²) in [7, 11) is 0. The van der Waals surface area contributed by atoms with Crippen LogP contribution in [-0.4, -0.2) is 66.6 Å². The number of nitrogens with zero attached hydrogens (tertiary/aromatic N) is 2. The molecule has 14 heavy (non-hydrogen) atoms. The maximum atomic E-state index is 11.3. The molecule has 80 valence electrons. The van der Waals surface area contributed by atoms with Gasteiger partial charge in [-0.2, -0.15) is 11.8 Å². The van der Waals surface area contributed by atoms with E-state index in [2.05, 4.69) is 10.2 Å². The third kappa shape index (κ3) is 2.62. The Balaban J connectivity index is 1.68. The van der Waals surface area contributed by atoms with E-state index in [1.165, 1.54) is 24.6 Å². The van der Waals surface area contributed by atoms with Crippen LogP contribution in [0.15, 0.2) is 0 Å². The van der Waals surface area contributed by atoms with Crippen molar-refractivity contribution in [3.8, 4) is 0 Å². The fourth-order valence-electron chi connectivity index (χ4n) is 1.79. The largest absolute Gasteiger partial charge is 0.328 e. The van der Waals surface area contributed by atoms with Crippen molar-refractivity contribution in [3.63, 3.8) is 0 Å². The van der Waals surface area contributed by atoms with Crippen molar-refractivity contribution in [1.29, 1.82) is 0 Å². The Morgan fingerprint density at radius 2 is 2.07 bits per heavy atom. The molecule has 0 bridgehead atoms. The number of rotatable bonds is 3. The first kappa shape index (κ1) is 10.3. The molecule has 0 aromatic rings. The first-order valence-electron chi connectivity index (χ1n) is 5.15. The maximum absolute atomic E-state index is 11.3. The predicted molar refractivity (Wildman–Crippen MR) is 58.3 cm³/mol. The van der Waals surface area contributed by atoms with E-state index in [-0.39, 0.29) is 5.91 Å². The van der Waals surface area contributed by atoms with Gasteiger partial charge in [-0.15, -0.1) is 0 Å². The zero-order valence-corrected chi connectivity index (χ0v) is 9.18. The van der Waals surface area contributed by atoms with Crippen molar-refractivity contribution in [2.45, 2.75) is 0 Å². The molecule has 1 N–H and O–H groups in total. The Labute approximate surface area is 89.0 Å². The summed E-state index contributed by atoms with van der Waals surface area (Å²) in [5.74, 6) is 2.73. The molecular formula is C9H17N3OS. The van der Waals surface area contributed by atoms with Crippen LogP contribution < -0.4 is 5.32 Å². The molecule has 4 nitrogen and oxygen atoms in total. The third-order valence-corrected chi connectivity index (χ3v) is 3.66. The summed E-state index contributed by atoms with van der Waals surface area (Å²) in [6, 6.07) is 0. The first-order chi connectivity index (χ1) is 6.86. The van der Waals surface area contributed by atoms with Gasteiger partial charge in [0.1, 0.15) is 0 Å². The van der Waals surface area contributed by atoms with E-state index in [0.29, 0.717) is 6.54 Å². The number of carbonyl (C=O) groups excluding carboxylic acids is 1.